The van der Waals surface area contributed by atoms with Gasteiger partial charge in [-0.1, -0.05) is 176 Å². The van der Waals surface area contributed by atoms with Crippen LogP contribution < -0.4 is 0 Å². The van der Waals surface area contributed by atoms with Gasteiger partial charge in [0.2, 0.25) is 0 Å². The number of hydrogen-bond acceptors (Lipinski definition) is 6. The van der Waals surface area contributed by atoms with Crippen molar-refractivity contribution >= 4 is 65.0 Å². The van der Waals surface area contributed by atoms with E-state index in [0.717, 1.165) is 110 Å². The van der Waals surface area contributed by atoms with E-state index in [4.69, 9.17) is 29.9 Å². The van der Waals surface area contributed by atoms with Crippen LogP contribution in [-0.4, -0.2) is 29.9 Å². The second kappa shape index (κ2) is 15.4. The molecule has 4 aromatic heterocycles. The average Bonchev–Trinajstić information content (AvgIpc) is 3.39. The number of pyridine rings is 3. The molecule has 0 amide bonds. The predicted molar refractivity (Wildman–Crippen MR) is 271 cm³/mol. The lowest BCUT2D eigenvalue weighted by Gasteiger charge is -2.16. The van der Waals surface area contributed by atoms with Crippen molar-refractivity contribution in [2.45, 2.75) is 0 Å². The predicted octanol–water partition coefficient (Wildman–Crippen LogP) is 15.0. The van der Waals surface area contributed by atoms with E-state index < -0.39 is 0 Å². The minimum Gasteiger partial charge on any atom is -0.248 e. The Bertz CT molecular complexity index is 3910. The quantitative estimate of drug-likeness (QED) is 0.155. The molecule has 13 rings (SSSR count). The molecule has 0 radical (unpaired) electrons. The van der Waals surface area contributed by atoms with Crippen molar-refractivity contribution in [1.29, 1.82) is 0 Å². The lowest BCUT2D eigenvalue weighted by Crippen LogP contribution is -2.01. The molecule has 0 N–H and O–H groups in total. The minimum atomic E-state index is 0.573. The molecule has 66 heavy (non-hydrogen) atoms. The van der Waals surface area contributed by atoms with E-state index in [1.165, 1.54) is 5.39 Å². The van der Waals surface area contributed by atoms with Crippen LogP contribution in [-0.2, 0) is 0 Å². The molecular weight excluding hydrogens is 805 g/mol. The van der Waals surface area contributed by atoms with Gasteiger partial charge in [0, 0.05) is 60.3 Å². The number of nitrogens with zero attached hydrogens (tertiary/aromatic N) is 6. The number of aromatic nitrogens is 6. The summed E-state index contributed by atoms with van der Waals surface area (Å²) < 4.78 is 0. The van der Waals surface area contributed by atoms with Gasteiger partial charge in [-0.25, -0.2) is 29.9 Å². The normalized spacial score (nSPS) is 11.6. The molecule has 0 fully saturated rings. The van der Waals surface area contributed by atoms with Crippen molar-refractivity contribution in [3.63, 3.8) is 0 Å². The van der Waals surface area contributed by atoms with Gasteiger partial charge in [-0.15, -0.1) is 0 Å². The third kappa shape index (κ3) is 6.51. The highest BCUT2D eigenvalue weighted by molar-refractivity contribution is 6.25. The maximum atomic E-state index is 5.39. The Morgan fingerprint density at radius 1 is 0.242 bits per heavy atom. The Kier molecular flexibility index (Phi) is 8.74. The van der Waals surface area contributed by atoms with Crippen LogP contribution in [0.2, 0.25) is 0 Å². The third-order valence-corrected chi connectivity index (χ3v) is 12.7. The largest absolute Gasteiger partial charge is 0.248 e. The highest BCUT2D eigenvalue weighted by Gasteiger charge is 2.20. The molecule has 4 heterocycles. The highest BCUT2D eigenvalue weighted by Crippen LogP contribution is 2.42. The van der Waals surface area contributed by atoms with E-state index in [1.54, 1.807) is 0 Å². The van der Waals surface area contributed by atoms with E-state index in [9.17, 15) is 0 Å². The van der Waals surface area contributed by atoms with Crippen molar-refractivity contribution in [2.24, 2.45) is 0 Å². The van der Waals surface area contributed by atoms with E-state index >= 15 is 0 Å². The van der Waals surface area contributed by atoms with Crippen molar-refractivity contribution < 1.29 is 0 Å². The molecule has 0 unspecified atom stereocenters. The fourth-order valence-corrected chi connectivity index (χ4v) is 9.35. The van der Waals surface area contributed by atoms with Crippen LogP contribution in [0.25, 0.3) is 133 Å². The van der Waals surface area contributed by atoms with Gasteiger partial charge < -0.3 is 0 Å². The summed E-state index contributed by atoms with van der Waals surface area (Å²) in [4.78, 5) is 31.2. The third-order valence-electron chi connectivity index (χ3n) is 12.7. The van der Waals surface area contributed by atoms with Crippen LogP contribution in [0.1, 0.15) is 0 Å². The molecule has 6 nitrogen and oxygen atoms in total. The number of para-hydroxylation sites is 3. The van der Waals surface area contributed by atoms with Crippen LogP contribution in [0, 0.1) is 0 Å². The van der Waals surface area contributed by atoms with Gasteiger partial charge in [0.25, 0.3) is 0 Å². The molecule has 0 saturated heterocycles. The number of rotatable bonds is 6. The monoisotopic (exact) mass is 840 g/mol. The summed E-state index contributed by atoms with van der Waals surface area (Å²) in [5.41, 5.74) is 11.3. The topological polar surface area (TPSA) is 77.3 Å². The fraction of sp³-hybridized carbons (Fsp3) is 0. The van der Waals surface area contributed by atoms with Gasteiger partial charge in [-0.2, -0.15) is 0 Å². The summed E-state index contributed by atoms with van der Waals surface area (Å²) in [6, 6.07) is 75.8. The molecule has 0 aliphatic carbocycles. The van der Waals surface area contributed by atoms with Crippen LogP contribution in [0.4, 0.5) is 0 Å². The molecule has 0 aliphatic heterocycles. The van der Waals surface area contributed by atoms with Crippen molar-refractivity contribution in [1.82, 2.24) is 29.9 Å². The second-order valence-corrected chi connectivity index (χ2v) is 16.7. The Labute approximate surface area is 379 Å². The smallest absolute Gasteiger partial charge is 0.164 e. The van der Waals surface area contributed by atoms with Crippen molar-refractivity contribution in [3.8, 4) is 67.9 Å². The van der Waals surface area contributed by atoms with Crippen molar-refractivity contribution in [2.75, 3.05) is 0 Å². The summed E-state index contributed by atoms with van der Waals surface area (Å²) in [6.45, 7) is 0. The number of fused-ring (bicyclic) bond motifs is 8. The summed E-state index contributed by atoms with van der Waals surface area (Å²) in [5, 5.41) is 9.99. The Morgan fingerprint density at radius 2 is 0.697 bits per heavy atom. The molecule has 0 atom stereocenters. The average molecular weight is 841 g/mol. The van der Waals surface area contributed by atoms with E-state index in [1.807, 2.05) is 36.4 Å². The first-order valence-corrected chi connectivity index (χ1v) is 22.1. The maximum Gasteiger partial charge on any atom is 0.164 e. The van der Waals surface area contributed by atoms with Gasteiger partial charge in [-0.05, 0) is 64.0 Å². The molecule has 13 aromatic rings. The summed E-state index contributed by atoms with van der Waals surface area (Å²) in [7, 11) is 0. The van der Waals surface area contributed by atoms with Crippen LogP contribution >= 0.6 is 0 Å². The number of benzene rings is 9. The molecule has 0 saturated carbocycles. The zero-order chi connectivity index (χ0) is 43.6. The van der Waals surface area contributed by atoms with E-state index in [2.05, 4.69) is 182 Å². The summed E-state index contributed by atoms with van der Waals surface area (Å²) in [5.74, 6) is 1.72. The second-order valence-electron chi connectivity index (χ2n) is 16.7. The Balaban J connectivity index is 1.01. The molecule has 9 aromatic carbocycles. The fourth-order valence-electron chi connectivity index (χ4n) is 9.35. The van der Waals surface area contributed by atoms with Gasteiger partial charge in [-0.3, -0.25) is 0 Å². The lowest BCUT2D eigenvalue weighted by molar-refractivity contribution is 1.08. The minimum absolute atomic E-state index is 0.573. The maximum absolute atomic E-state index is 5.39. The zero-order valence-electron chi connectivity index (χ0n) is 35.5. The molecule has 306 valence electrons. The zero-order valence-corrected chi connectivity index (χ0v) is 35.5. The van der Waals surface area contributed by atoms with Crippen LogP contribution in [0.5, 0.6) is 0 Å². The van der Waals surface area contributed by atoms with E-state index in [0.29, 0.717) is 17.5 Å². The van der Waals surface area contributed by atoms with Gasteiger partial charge >= 0.3 is 0 Å². The first kappa shape index (κ1) is 37.5. The van der Waals surface area contributed by atoms with Crippen LogP contribution in [0.3, 0.4) is 0 Å². The molecule has 6 heteroatoms. The van der Waals surface area contributed by atoms with Gasteiger partial charge in [0.15, 0.2) is 17.5 Å². The van der Waals surface area contributed by atoms with Gasteiger partial charge in [0.05, 0.1) is 33.6 Å². The van der Waals surface area contributed by atoms with Crippen molar-refractivity contribution in [3.05, 3.63) is 218 Å². The Hall–Kier alpha value is -9.00. The molecule has 0 aliphatic rings. The number of hydrogen-bond donors (Lipinski definition) is 0. The first-order chi connectivity index (χ1) is 32.7. The Morgan fingerprint density at radius 3 is 1.32 bits per heavy atom. The lowest BCUT2D eigenvalue weighted by atomic mass is 9.91. The highest BCUT2D eigenvalue weighted by atomic mass is 15.0. The van der Waals surface area contributed by atoms with E-state index in [-0.39, 0.29) is 0 Å². The van der Waals surface area contributed by atoms with Crippen LogP contribution in [0.15, 0.2) is 218 Å². The standard InChI is InChI=1S/C60H36N6/c1-2-14-44-35-45(30-21-37(44)11-1)57-50-36-49(46-15-5-6-16-47(46)56(50)48-17-7-10-20-55(48)63-57)60-65-58(42-26-22-40(23-27-42)53-33-31-38-12-3-8-18-51(38)61-53)64-59(66-60)43-28-24-41(25-29-43)54-34-32-39-13-4-9-19-52(39)62-54/h1-36H. The molecular formula is C60H36N6. The summed E-state index contributed by atoms with van der Waals surface area (Å²) in [6.07, 6.45) is 0. The summed E-state index contributed by atoms with van der Waals surface area (Å²) >= 11 is 0. The SMILES string of the molecule is c1ccc2cc(-c3nc4ccccc4c4c3cc(-c3nc(-c5ccc(-c6ccc7ccccc7n6)cc5)nc(-c5ccc(-c6ccc7ccccc7n6)cc5)n3)c3ccccc34)ccc2c1. The van der Waals surface area contributed by atoms with Gasteiger partial charge in [0.1, 0.15) is 0 Å². The molecule has 0 spiro atoms. The molecule has 0 bridgehead atoms. The first-order valence-electron chi connectivity index (χ1n) is 22.1.